The molecule has 3 rings (SSSR count). The molecule has 0 fully saturated rings. The molecule has 0 spiro atoms. The first-order valence-electron chi connectivity index (χ1n) is 9.22. The van der Waals surface area contributed by atoms with E-state index in [1.165, 1.54) is 5.56 Å². The van der Waals surface area contributed by atoms with Gasteiger partial charge in [0.15, 0.2) is 6.61 Å². The van der Waals surface area contributed by atoms with Crippen LogP contribution in [0, 0.1) is 13.8 Å². The Labute approximate surface area is 169 Å². The lowest BCUT2D eigenvalue weighted by atomic mass is 10.1. The lowest BCUT2D eigenvalue weighted by Crippen LogP contribution is -2.20. The number of anilines is 3. The quantitative estimate of drug-likeness (QED) is 0.557. The van der Waals surface area contributed by atoms with Crippen molar-refractivity contribution in [2.45, 2.75) is 13.8 Å². The molecule has 0 aliphatic rings. The highest BCUT2D eigenvalue weighted by Gasteiger charge is 2.06. The molecule has 29 heavy (non-hydrogen) atoms. The van der Waals surface area contributed by atoms with Crippen LogP contribution in [-0.4, -0.2) is 18.5 Å². The number of carbonyl (C=O) groups is 2. The summed E-state index contributed by atoms with van der Waals surface area (Å²) in [5.74, 6) is 0.401. The summed E-state index contributed by atoms with van der Waals surface area (Å²) in [7, 11) is 0. The van der Waals surface area contributed by atoms with Crippen LogP contribution in [0.5, 0.6) is 5.75 Å². The lowest BCUT2D eigenvalue weighted by Gasteiger charge is -2.10. The van der Waals surface area contributed by atoms with E-state index in [-0.39, 0.29) is 18.5 Å². The van der Waals surface area contributed by atoms with Gasteiger partial charge in [-0.3, -0.25) is 4.79 Å². The Morgan fingerprint density at radius 1 is 0.724 bits per heavy atom. The molecule has 0 radical (unpaired) electrons. The summed E-state index contributed by atoms with van der Waals surface area (Å²) in [5.41, 5.74) is 4.23. The maximum Gasteiger partial charge on any atom is 0.323 e. The van der Waals surface area contributed by atoms with Crippen LogP contribution in [0.4, 0.5) is 21.9 Å². The number of rotatable bonds is 6. The standard InChI is InChI=1S/C23H23N3O3/c1-16-8-13-21(14-17(16)2)29-15-22(27)24-19-9-11-20(12-10-19)26-23(28)25-18-6-4-3-5-7-18/h3-14H,15H2,1-2H3,(H,24,27)(H2,25,26,28). The van der Waals surface area contributed by atoms with Gasteiger partial charge in [-0.25, -0.2) is 4.79 Å². The molecule has 0 aromatic heterocycles. The zero-order chi connectivity index (χ0) is 20.6. The number of benzene rings is 3. The number of aryl methyl sites for hydroxylation is 2. The first kappa shape index (κ1) is 19.9. The van der Waals surface area contributed by atoms with Crippen molar-refractivity contribution in [3.05, 3.63) is 83.9 Å². The van der Waals surface area contributed by atoms with E-state index in [0.29, 0.717) is 22.8 Å². The largest absolute Gasteiger partial charge is 0.484 e. The van der Waals surface area contributed by atoms with E-state index < -0.39 is 0 Å². The molecule has 6 heteroatoms. The Balaban J connectivity index is 1.47. The lowest BCUT2D eigenvalue weighted by molar-refractivity contribution is -0.118. The predicted octanol–water partition coefficient (Wildman–Crippen LogP) is 4.96. The van der Waals surface area contributed by atoms with Crippen LogP contribution in [0.2, 0.25) is 0 Å². The Hall–Kier alpha value is -3.80. The van der Waals surface area contributed by atoms with Crippen molar-refractivity contribution in [3.8, 4) is 5.75 Å². The Bertz CT molecular complexity index is 986. The number of amides is 3. The molecule has 0 aliphatic carbocycles. The minimum absolute atomic E-state index is 0.0814. The molecule has 0 heterocycles. The average Bonchev–Trinajstić information content (AvgIpc) is 2.71. The molecule has 0 saturated carbocycles. The van der Waals surface area contributed by atoms with Crippen molar-refractivity contribution >= 4 is 29.0 Å². The SMILES string of the molecule is Cc1ccc(OCC(=O)Nc2ccc(NC(=O)Nc3ccccc3)cc2)cc1C. The van der Waals surface area contributed by atoms with Gasteiger partial charge in [-0.1, -0.05) is 24.3 Å². The third-order valence-corrected chi connectivity index (χ3v) is 4.31. The molecule has 148 valence electrons. The van der Waals surface area contributed by atoms with E-state index in [1.807, 2.05) is 50.2 Å². The molecule has 0 saturated heterocycles. The van der Waals surface area contributed by atoms with Crippen LogP contribution in [0.15, 0.2) is 72.8 Å². The molecular formula is C23H23N3O3. The zero-order valence-electron chi connectivity index (χ0n) is 16.4. The number of hydrogen-bond donors (Lipinski definition) is 3. The number of ether oxygens (including phenoxy) is 1. The topological polar surface area (TPSA) is 79.5 Å². The third-order valence-electron chi connectivity index (χ3n) is 4.31. The van der Waals surface area contributed by atoms with Crippen molar-refractivity contribution in [2.75, 3.05) is 22.6 Å². The highest BCUT2D eigenvalue weighted by atomic mass is 16.5. The molecule has 3 N–H and O–H groups in total. The summed E-state index contributed by atoms with van der Waals surface area (Å²) in [5, 5.41) is 8.25. The molecule has 0 unspecified atom stereocenters. The van der Waals surface area contributed by atoms with E-state index in [2.05, 4.69) is 16.0 Å². The first-order valence-corrected chi connectivity index (χ1v) is 9.22. The monoisotopic (exact) mass is 389 g/mol. The number of nitrogens with one attached hydrogen (secondary N) is 3. The summed E-state index contributed by atoms with van der Waals surface area (Å²) in [4.78, 5) is 24.1. The van der Waals surface area contributed by atoms with Crippen LogP contribution < -0.4 is 20.7 Å². The highest BCUT2D eigenvalue weighted by Crippen LogP contribution is 2.17. The molecule has 6 nitrogen and oxygen atoms in total. The average molecular weight is 389 g/mol. The van der Waals surface area contributed by atoms with E-state index >= 15 is 0 Å². The van der Waals surface area contributed by atoms with Gasteiger partial charge >= 0.3 is 6.03 Å². The number of hydrogen-bond acceptors (Lipinski definition) is 3. The fourth-order valence-electron chi connectivity index (χ4n) is 2.60. The summed E-state index contributed by atoms with van der Waals surface area (Å²) >= 11 is 0. The Morgan fingerprint density at radius 2 is 1.31 bits per heavy atom. The summed E-state index contributed by atoms with van der Waals surface area (Å²) < 4.78 is 5.53. The van der Waals surface area contributed by atoms with Gasteiger partial charge < -0.3 is 20.7 Å². The van der Waals surface area contributed by atoms with E-state index in [9.17, 15) is 9.59 Å². The summed E-state index contributed by atoms with van der Waals surface area (Å²) in [6, 6.07) is 21.4. The van der Waals surface area contributed by atoms with Crippen molar-refractivity contribution in [1.29, 1.82) is 0 Å². The van der Waals surface area contributed by atoms with Crippen LogP contribution in [0.1, 0.15) is 11.1 Å². The predicted molar refractivity (Wildman–Crippen MR) is 116 cm³/mol. The fourth-order valence-corrected chi connectivity index (χ4v) is 2.60. The van der Waals surface area contributed by atoms with Gasteiger partial charge in [0, 0.05) is 17.1 Å². The smallest absolute Gasteiger partial charge is 0.323 e. The third kappa shape index (κ3) is 6.10. The van der Waals surface area contributed by atoms with Crippen molar-refractivity contribution in [2.24, 2.45) is 0 Å². The Kier molecular flexibility index (Phi) is 6.47. The van der Waals surface area contributed by atoms with Gasteiger partial charge in [0.1, 0.15) is 5.75 Å². The van der Waals surface area contributed by atoms with Crippen LogP contribution in [0.25, 0.3) is 0 Å². The highest BCUT2D eigenvalue weighted by molar-refractivity contribution is 6.00. The summed E-state index contributed by atoms with van der Waals surface area (Å²) in [6.45, 7) is 3.94. The second-order valence-electron chi connectivity index (χ2n) is 6.61. The number of urea groups is 1. The van der Waals surface area contributed by atoms with E-state index in [0.717, 1.165) is 5.56 Å². The van der Waals surface area contributed by atoms with Crippen LogP contribution in [-0.2, 0) is 4.79 Å². The van der Waals surface area contributed by atoms with Gasteiger partial charge in [-0.2, -0.15) is 0 Å². The second-order valence-corrected chi connectivity index (χ2v) is 6.61. The van der Waals surface area contributed by atoms with Crippen molar-refractivity contribution in [3.63, 3.8) is 0 Å². The van der Waals surface area contributed by atoms with Gasteiger partial charge in [-0.05, 0) is 73.5 Å². The molecule has 0 bridgehead atoms. The maximum atomic E-state index is 12.1. The van der Waals surface area contributed by atoms with Gasteiger partial charge in [0.05, 0.1) is 0 Å². The number of carbonyl (C=O) groups excluding carboxylic acids is 2. The van der Waals surface area contributed by atoms with E-state index in [4.69, 9.17) is 4.74 Å². The zero-order valence-corrected chi connectivity index (χ0v) is 16.4. The molecule has 3 aromatic rings. The fraction of sp³-hybridized carbons (Fsp3) is 0.130. The molecule has 3 aromatic carbocycles. The molecule has 3 amide bonds. The molecular weight excluding hydrogens is 366 g/mol. The molecule has 0 aliphatic heterocycles. The Morgan fingerprint density at radius 3 is 1.93 bits per heavy atom. The van der Waals surface area contributed by atoms with Crippen molar-refractivity contribution < 1.29 is 14.3 Å². The van der Waals surface area contributed by atoms with Gasteiger partial charge in [0.2, 0.25) is 0 Å². The molecule has 0 atom stereocenters. The summed E-state index contributed by atoms with van der Waals surface area (Å²) in [6.07, 6.45) is 0. The van der Waals surface area contributed by atoms with Gasteiger partial charge in [0.25, 0.3) is 5.91 Å². The minimum Gasteiger partial charge on any atom is -0.484 e. The van der Waals surface area contributed by atoms with Crippen LogP contribution >= 0.6 is 0 Å². The van der Waals surface area contributed by atoms with Gasteiger partial charge in [-0.15, -0.1) is 0 Å². The maximum absolute atomic E-state index is 12.1. The minimum atomic E-state index is -0.338. The normalized spacial score (nSPS) is 10.1. The van der Waals surface area contributed by atoms with E-state index in [1.54, 1.807) is 36.4 Å². The second kappa shape index (κ2) is 9.41. The van der Waals surface area contributed by atoms with Crippen LogP contribution in [0.3, 0.4) is 0 Å². The van der Waals surface area contributed by atoms with Crippen molar-refractivity contribution in [1.82, 2.24) is 0 Å². The first-order chi connectivity index (χ1) is 14.0. The number of para-hydroxylation sites is 1.